The van der Waals surface area contributed by atoms with Crippen molar-refractivity contribution in [2.24, 2.45) is 5.92 Å². The molecule has 0 aliphatic carbocycles. The number of piperidine rings is 1. The van der Waals surface area contributed by atoms with E-state index < -0.39 is 0 Å². The fourth-order valence-corrected chi connectivity index (χ4v) is 4.78. The molecule has 1 aromatic carbocycles. The smallest absolute Gasteiger partial charge is 0.273 e. The van der Waals surface area contributed by atoms with Crippen molar-refractivity contribution in [3.05, 3.63) is 70.5 Å². The number of hydrogen-bond acceptors (Lipinski definition) is 5. The molecule has 0 bridgehead atoms. The molecule has 160 valence electrons. The Hall–Kier alpha value is -3.06. The number of benzene rings is 1. The number of carbonyl (C=O) groups excluding carboxylic acids is 2. The standard InChI is InChI=1S/C24H26N4O2S/c1-16-5-6-20(17(2)12-16)23-27-21(15-31-23)24(30)28-10-7-19(8-11-28)22(29)26-14-18-4-3-9-25-13-18/h3-6,9,12-13,15,19H,7-8,10-11,14H2,1-2H3,(H,26,29). The fourth-order valence-electron chi connectivity index (χ4n) is 3.89. The monoisotopic (exact) mass is 434 g/mol. The molecular weight excluding hydrogens is 408 g/mol. The van der Waals surface area contributed by atoms with E-state index in [2.05, 4.69) is 47.3 Å². The first kappa shape index (κ1) is 21.2. The lowest BCUT2D eigenvalue weighted by molar-refractivity contribution is -0.126. The van der Waals surface area contributed by atoms with E-state index in [1.54, 1.807) is 12.4 Å². The second kappa shape index (κ2) is 9.39. The molecule has 4 rings (SSSR count). The zero-order valence-electron chi connectivity index (χ0n) is 17.8. The van der Waals surface area contributed by atoms with Crippen molar-refractivity contribution in [2.75, 3.05) is 13.1 Å². The van der Waals surface area contributed by atoms with Crippen LogP contribution in [-0.4, -0.2) is 39.8 Å². The zero-order chi connectivity index (χ0) is 21.8. The summed E-state index contributed by atoms with van der Waals surface area (Å²) in [5.41, 5.74) is 4.90. The first-order valence-electron chi connectivity index (χ1n) is 10.5. The highest BCUT2D eigenvalue weighted by Crippen LogP contribution is 2.28. The van der Waals surface area contributed by atoms with Crippen molar-refractivity contribution in [2.45, 2.75) is 33.2 Å². The Morgan fingerprint density at radius 2 is 2.00 bits per heavy atom. The second-order valence-electron chi connectivity index (χ2n) is 8.00. The van der Waals surface area contributed by atoms with Gasteiger partial charge >= 0.3 is 0 Å². The number of thiazole rings is 1. The quantitative estimate of drug-likeness (QED) is 0.659. The van der Waals surface area contributed by atoms with E-state index >= 15 is 0 Å². The molecule has 0 atom stereocenters. The van der Waals surface area contributed by atoms with Gasteiger partial charge < -0.3 is 10.2 Å². The highest BCUT2D eigenvalue weighted by Gasteiger charge is 2.28. The molecule has 2 aromatic heterocycles. The van der Waals surface area contributed by atoms with Gasteiger partial charge in [-0.05, 0) is 43.9 Å². The van der Waals surface area contributed by atoms with Crippen LogP contribution >= 0.6 is 11.3 Å². The molecule has 31 heavy (non-hydrogen) atoms. The van der Waals surface area contributed by atoms with Crippen LogP contribution < -0.4 is 5.32 Å². The van der Waals surface area contributed by atoms with E-state index in [9.17, 15) is 9.59 Å². The summed E-state index contributed by atoms with van der Waals surface area (Å²) in [6.45, 7) is 5.75. The number of nitrogens with zero attached hydrogens (tertiary/aromatic N) is 3. The van der Waals surface area contributed by atoms with Crippen LogP contribution in [0.15, 0.2) is 48.1 Å². The van der Waals surface area contributed by atoms with Gasteiger partial charge in [0.1, 0.15) is 10.7 Å². The molecule has 6 nitrogen and oxygen atoms in total. The maximum Gasteiger partial charge on any atom is 0.273 e. The average Bonchev–Trinajstić information content (AvgIpc) is 3.27. The van der Waals surface area contributed by atoms with Gasteiger partial charge in [-0.3, -0.25) is 14.6 Å². The lowest BCUT2D eigenvalue weighted by atomic mass is 9.95. The van der Waals surface area contributed by atoms with Gasteiger partial charge in [0.2, 0.25) is 5.91 Å². The van der Waals surface area contributed by atoms with Crippen LogP contribution in [0, 0.1) is 19.8 Å². The van der Waals surface area contributed by atoms with Gasteiger partial charge in [0.25, 0.3) is 5.91 Å². The second-order valence-corrected chi connectivity index (χ2v) is 8.86. The Kier molecular flexibility index (Phi) is 6.42. The highest BCUT2D eigenvalue weighted by molar-refractivity contribution is 7.13. The molecule has 7 heteroatoms. The Labute approximate surface area is 186 Å². The number of likely N-dealkylation sites (tertiary alicyclic amines) is 1. The summed E-state index contributed by atoms with van der Waals surface area (Å²) in [6, 6.07) is 10.1. The van der Waals surface area contributed by atoms with E-state index in [4.69, 9.17) is 0 Å². The van der Waals surface area contributed by atoms with Crippen LogP contribution in [0.5, 0.6) is 0 Å². The van der Waals surface area contributed by atoms with Crippen molar-refractivity contribution in [3.8, 4) is 10.6 Å². The summed E-state index contributed by atoms with van der Waals surface area (Å²) in [5.74, 6) is -0.0786. The van der Waals surface area contributed by atoms with Crippen molar-refractivity contribution in [1.29, 1.82) is 0 Å². The third kappa shape index (κ3) is 4.99. The highest BCUT2D eigenvalue weighted by atomic mass is 32.1. The number of rotatable bonds is 5. The summed E-state index contributed by atoms with van der Waals surface area (Å²) in [6.07, 6.45) is 4.80. The van der Waals surface area contributed by atoms with Crippen LogP contribution in [0.3, 0.4) is 0 Å². The molecule has 0 radical (unpaired) electrons. The summed E-state index contributed by atoms with van der Waals surface area (Å²) in [7, 11) is 0. The van der Waals surface area contributed by atoms with Crippen molar-refractivity contribution < 1.29 is 9.59 Å². The third-order valence-electron chi connectivity index (χ3n) is 5.68. The van der Waals surface area contributed by atoms with Gasteiger partial charge in [0.15, 0.2) is 0 Å². The minimum Gasteiger partial charge on any atom is -0.352 e. The van der Waals surface area contributed by atoms with Gasteiger partial charge in [-0.1, -0.05) is 29.8 Å². The SMILES string of the molecule is Cc1ccc(-c2nc(C(=O)N3CCC(C(=O)NCc4cccnc4)CC3)cs2)c(C)c1. The van der Waals surface area contributed by atoms with E-state index in [1.165, 1.54) is 16.9 Å². The summed E-state index contributed by atoms with van der Waals surface area (Å²) in [5, 5.41) is 5.69. The predicted octanol–water partition coefficient (Wildman–Crippen LogP) is 3.99. The number of aromatic nitrogens is 2. The summed E-state index contributed by atoms with van der Waals surface area (Å²) in [4.78, 5) is 35.9. The largest absolute Gasteiger partial charge is 0.352 e. The number of amides is 2. The molecular formula is C24H26N4O2S. The summed E-state index contributed by atoms with van der Waals surface area (Å²) < 4.78 is 0. The number of hydrogen-bond donors (Lipinski definition) is 1. The minimum atomic E-state index is -0.0677. The minimum absolute atomic E-state index is 0.0433. The first-order chi connectivity index (χ1) is 15.0. The van der Waals surface area contributed by atoms with Gasteiger partial charge in [-0.15, -0.1) is 11.3 Å². The van der Waals surface area contributed by atoms with E-state index in [-0.39, 0.29) is 17.7 Å². The van der Waals surface area contributed by atoms with Crippen LogP contribution in [0.2, 0.25) is 0 Å². The fraction of sp³-hybridized carbons (Fsp3) is 0.333. The molecule has 3 aromatic rings. The Morgan fingerprint density at radius 3 is 2.71 bits per heavy atom. The topological polar surface area (TPSA) is 75.2 Å². The van der Waals surface area contributed by atoms with E-state index in [0.717, 1.165) is 21.7 Å². The maximum atomic E-state index is 12.9. The Balaban J connectivity index is 1.32. The molecule has 1 fully saturated rings. The van der Waals surface area contributed by atoms with Crippen molar-refractivity contribution in [3.63, 3.8) is 0 Å². The van der Waals surface area contributed by atoms with E-state index in [0.29, 0.717) is 38.2 Å². The van der Waals surface area contributed by atoms with Crippen LogP contribution in [-0.2, 0) is 11.3 Å². The molecule has 3 heterocycles. The summed E-state index contributed by atoms with van der Waals surface area (Å²) >= 11 is 1.50. The first-order valence-corrected chi connectivity index (χ1v) is 11.4. The molecule has 0 saturated carbocycles. The molecule has 0 spiro atoms. The molecule has 1 N–H and O–H groups in total. The van der Waals surface area contributed by atoms with Gasteiger partial charge in [0, 0.05) is 48.9 Å². The molecule has 2 amide bonds. The Bertz CT molecular complexity index is 1070. The average molecular weight is 435 g/mol. The predicted molar refractivity (Wildman–Crippen MR) is 122 cm³/mol. The van der Waals surface area contributed by atoms with Crippen molar-refractivity contribution >= 4 is 23.2 Å². The van der Waals surface area contributed by atoms with Crippen molar-refractivity contribution in [1.82, 2.24) is 20.2 Å². The van der Waals surface area contributed by atoms with Crippen LogP contribution in [0.1, 0.15) is 40.0 Å². The van der Waals surface area contributed by atoms with E-state index in [1.807, 2.05) is 22.4 Å². The Morgan fingerprint density at radius 1 is 1.19 bits per heavy atom. The normalized spacial score (nSPS) is 14.5. The lowest BCUT2D eigenvalue weighted by Crippen LogP contribution is -2.43. The van der Waals surface area contributed by atoms with Gasteiger partial charge in [0.05, 0.1) is 0 Å². The number of aryl methyl sites for hydroxylation is 2. The lowest BCUT2D eigenvalue weighted by Gasteiger charge is -2.30. The van der Waals surface area contributed by atoms with Gasteiger partial charge in [-0.2, -0.15) is 0 Å². The molecule has 1 aliphatic rings. The molecule has 0 unspecified atom stereocenters. The number of pyridine rings is 1. The third-order valence-corrected chi connectivity index (χ3v) is 6.55. The van der Waals surface area contributed by atoms with Crippen LogP contribution in [0.4, 0.5) is 0 Å². The maximum absolute atomic E-state index is 12.9. The zero-order valence-corrected chi connectivity index (χ0v) is 18.6. The molecule has 1 saturated heterocycles. The number of nitrogens with one attached hydrogen (secondary N) is 1. The van der Waals surface area contributed by atoms with Gasteiger partial charge in [-0.25, -0.2) is 4.98 Å². The molecule has 1 aliphatic heterocycles. The van der Waals surface area contributed by atoms with Crippen LogP contribution in [0.25, 0.3) is 10.6 Å². The number of carbonyl (C=O) groups is 2.